The maximum Gasteiger partial charge on any atom is 0.410 e. The molecular formula is C30H38N8O4. The van der Waals surface area contributed by atoms with Gasteiger partial charge in [-0.05, 0) is 65.7 Å². The van der Waals surface area contributed by atoms with Gasteiger partial charge < -0.3 is 29.4 Å². The fourth-order valence-corrected chi connectivity index (χ4v) is 5.38. The van der Waals surface area contributed by atoms with Crippen LogP contribution in [0.3, 0.4) is 0 Å². The van der Waals surface area contributed by atoms with Crippen molar-refractivity contribution in [3.8, 4) is 22.5 Å². The van der Waals surface area contributed by atoms with Crippen LogP contribution in [0.4, 0.5) is 10.7 Å². The molecule has 5 rings (SSSR count). The minimum absolute atomic E-state index is 0.0391. The highest BCUT2D eigenvalue weighted by Crippen LogP contribution is 2.33. The Morgan fingerprint density at radius 3 is 2.57 bits per heavy atom. The van der Waals surface area contributed by atoms with Crippen LogP contribution in [0.2, 0.25) is 0 Å². The molecule has 0 radical (unpaired) electrons. The lowest BCUT2D eigenvalue weighted by atomic mass is 9.93. The summed E-state index contributed by atoms with van der Waals surface area (Å²) in [5.74, 6) is 0.714. The Morgan fingerprint density at radius 1 is 1.14 bits per heavy atom. The summed E-state index contributed by atoms with van der Waals surface area (Å²) in [6, 6.07) is 3.72. The Labute approximate surface area is 244 Å². The van der Waals surface area contributed by atoms with Gasteiger partial charge in [0.2, 0.25) is 11.9 Å². The normalized spacial score (nSPS) is 17.4. The number of aromatic amines is 1. The fourth-order valence-electron chi connectivity index (χ4n) is 5.38. The van der Waals surface area contributed by atoms with Crippen LogP contribution < -0.4 is 5.32 Å². The minimum atomic E-state index is -0.643. The smallest absolute Gasteiger partial charge is 0.410 e. The topological polar surface area (TPSA) is 142 Å². The van der Waals surface area contributed by atoms with Gasteiger partial charge in [0.25, 0.3) is 0 Å². The number of piperidine rings is 1. The van der Waals surface area contributed by atoms with Gasteiger partial charge in [0.15, 0.2) is 0 Å². The lowest BCUT2D eigenvalue weighted by Gasteiger charge is -2.38. The zero-order valence-corrected chi connectivity index (χ0v) is 25.4. The van der Waals surface area contributed by atoms with E-state index in [0.717, 1.165) is 50.6 Å². The lowest BCUT2D eigenvalue weighted by molar-refractivity contribution is -0.134. The first-order valence-corrected chi connectivity index (χ1v) is 14.0. The van der Waals surface area contributed by atoms with E-state index in [0.29, 0.717) is 25.5 Å². The Kier molecular flexibility index (Phi) is 7.65. The van der Waals surface area contributed by atoms with Gasteiger partial charge in [-0.2, -0.15) is 0 Å². The van der Waals surface area contributed by atoms with Crippen molar-refractivity contribution in [1.29, 1.82) is 0 Å². The quantitative estimate of drug-likeness (QED) is 0.346. The van der Waals surface area contributed by atoms with Crippen molar-refractivity contribution in [1.82, 2.24) is 34.9 Å². The number of ether oxygens (including phenoxy) is 1. The number of carbonyl (C=O) groups is 2. The van der Waals surface area contributed by atoms with Gasteiger partial charge in [0, 0.05) is 56.6 Å². The van der Waals surface area contributed by atoms with Crippen LogP contribution in [-0.4, -0.2) is 85.7 Å². The summed E-state index contributed by atoms with van der Waals surface area (Å²) in [6.07, 6.45) is 3.75. The minimum Gasteiger partial charge on any atom is -0.444 e. The summed E-state index contributed by atoms with van der Waals surface area (Å²) in [5.41, 5.74) is 5.08. The number of rotatable bonds is 5. The van der Waals surface area contributed by atoms with Crippen molar-refractivity contribution in [3.63, 3.8) is 0 Å². The number of carbonyl (C=O) groups excluding carboxylic acids is 2. The highest BCUT2D eigenvalue weighted by molar-refractivity contribution is 5.94. The Hall–Kier alpha value is -4.48. The van der Waals surface area contributed by atoms with E-state index in [1.807, 2.05) is 59.9 Å². The molecule has 2 atom stereocenters. The third-order valence-corrected chi connectivity index (χ3v) is 7.28. The number of pyridine rings is 1. The molecule has 4 aromatic rings. The van der Waals surface area contributed by atoms with Gasteiger partial charge in [-0.1, -0.05) is 5.16 Å². The average Bonchev–Trinajstić information content (AvgIpc) is 3.49. The number of amides is 2. The number of likely N-dealkylation sites (tertiary alicyclic amines) is 1. The van der Waals surface area contributed by atoms with E-state index >= 15 is 0 Å². The van der Waals surface area contributed by atoms with Crippen LogP contribution >= 0.6 is 0 Å². The van der Waals surface area contributed by atoms with E-state index in [4.69, 9.17) is 19.2 Å². The third kappa shape index (κ3) is 5.93. The van der Waals surface area contributed by atoms with Crippen LogP contribution in [0.5, 0.6) is 0 Å². The summed E-state index contributed by atoms with van der Waals surface area (Å²) in [6.45, 7) is 11.9. The maximum atomic E-state index is 13.0. The molecule has 222 valence electrons. The largest absolute Gasteiger partial charge is 0.444 e. The molecule has 0 aliphatic carbocycles. The molecule has 0 unspecified atom stereocenters. The van der Waals surface area contributed by atoms with Gasteiger partial charge in [-0.3, -0.25) is 4.79 Å². The first kappa shape index (κ1) is 29.0. The number of aryl methyl sites for hydroxylation is 3. The second-order valence-corrected chi connectivity index (χ2v) is 12.1. The molecule has 0 aromatic carbocycles. The van der Waals surface area contributed by atoms with Crippen LogP contribution in [0.25, 0.3) is 33.5 Å². The number of nitrogens with one attached hydrogen (secondary N) is 2. The summed E-state index contributed by atoms with van der Waals surface area (Å²) in [7, 11) is 3.44. The standard InChI is InChI=1S/C30H38N8O4/c1-16-12-32-28(33-20-11-19(27(39)37(7)8)14-38(15-20)29(40)41-30(4,5)6)35-25(16)22-13-31-26-21(22)9-10-23(34-26)24-17(2)36-42-18(24)3/h9-10,12-13,19-20H,11,14-15H2,1-8H3,(H,31,34)(H,32,33,35)/t19-,20+/m1/s1. The van der Waals surface area contributed by atoms with Crippen LogP contribution in [-0.2, 0) is 9.53 Å². The first-order chi connectivity index (χ1) is 19.8. The fraction of sp³-hybridized carbons (Fsp3) is 0.467. The van der Waals surface area contributed by atoms with E-state index in [9.17, 15) is 9.59 Å². The number of hydrogen-bond donors (Lipinski definition) is 2. The van der Waals surface area contributed by atoms with Crippen molar-refractivity contribution in [2.24, 2.45) is 5.92 Å². The van der Waals surface area contributed by atoms with Gasteiger partial charge >= 0.3 is 6.09 Å². The van der Waals surface area contributed by atoms with Gasteiger partial charge in [0.1, 0.15) is 17.0 Å². The second kappa shape index (κ2) is 11.1. The maximum absolute atomic E-state index is 13.0. The predicted molar refractivity (Wildman–Crippen MR) is 159 cm³/mol. The summed E-state index contributed by atoms with van der Waals surface area (Å²) < 4.78 is 10.9. The number of H-pyrrole nitrogens is 1. The average molecular weight is 575 g/mol. The Balaban J connectivity index is 1.42. The molecule has 1 fully saturated rings. The number of aromatic nitrogens is 5. The van der Waals surface area contributed by atoms with Crippen molar-refractivity contribution in [2.45, 2.75) is 59.6 Å². The second-order valence-electron chi connectivity index (χ2n) is 12.1. The number of anilines is 1. The first-order valence-electron chi connectivity index (χ1n) is 14.0. The van der Waals surface area contributed by atoms with E-state index in [1.54, 1.807) is 30.1 Å². The summed E-state index contributed by atoms with van der Waals surface area (Å²) in [5, 5.41) is 8.35. The molecule has 2 N–H and O–H groups in total. The zero-order valence-electron chi connectivity index (χ0n) is 25.4. The molecule has 12 heteroatoms. The van der Waals surface area contributed by atoms with Crippen molar-refractivity contribution in [3.05, 3.63) is 41.5 Å². The summed E-state index contributed by atoms with van der Waals surface area (Å²) in [4.78, 5) is 46.5. The molecule has 0 saturated carbocycles. The van der Waals surface area contributed by atoms with Crippen molar-refractivity contribution in [2.75, 3.05) is 32.5 Å². The Bertz CT molecular complexity index is 1610. The van der Waals surface area contributed by atoms with Crippen LogP contribution in [0, 0.1) is 26.7 Å². The highest BCUT2D eigenvalue weighted by Gasteiger charge is 2.36. The van der Waals surface area contributed by atoms with E-state index in [-0.39, 0.29) is 17.9 Å². The molecule has 42 heavy (non-hydrogen) atoms. The SMILES string of the molecule is Cc1cnc(N[C@H]2C[C@@H](C(=O)N(C)C)CN(C(=O)OC(C)(C)C)C2)nc1-c1c[nH]c2nc(-c3c(C)noc3C)ccc12. The van der Waals surface area contributed by atoms with Gasteiger partial charge in [-0.25, -0.2) is 19.7 Å². The molecule has 1 aliphatic heterocycles. The van der Waals surface area contributed by atoms with Gasteiger partial charge in [-0.15, -0.1) is 0 Å². The van der Waals surface area contributed by atoms with E-state index < -0.39 is 11.7 Å². The third-order valence-electron chi connectivity index (χ3n) is 7.28. The molecule has 12 nitrogen and oxygen atoms in total. The number of nitrogens with zero attached hydrogens (tertiary/aromatic N) is 6. The highest BCUT2D eigenvalue weighted by atomic mass is 16.6. The van der Waals surface area contributed by atoms with E-state index in [2.05, 4.69) is 20.4 Å². The molecular weight excluding hydrogens is 536 g/mol. The van der Waals surface area contributed by atoms with Crippen LogP contribution in [0.15, 0.2) is 29.0 Å². The molecule has 0 bridgehead atoms. The zero-order chi connectivity index (χ0) is 30.3. The molecule has 1 saturated heterocycles. The number of fused-ring (bicyclic) bond motifs is 1. The van der Waals surface area contributed by atoms with Crippen molar-refractivity contribution >= 4 is 29.0 Å². The molecule has 5 heterocycles. The molecule has 2 amide bonds. The molecule has 4 aromatic heterocycles. The van der Waals surface area contributed by atoms with Gasteiger partial charge in [0.05, 0.1) is 28.6 Å². The predicted octanol–water partition coefficient (Wildman–Crippen LogP) is 4.73. The lowest BCUT2D eigenvalue weighted by Crippen LogP contribution is -2.53. The van der Waals surface area contributed by atoms with E-state index in [1.165, 1.54) is 0 Å². The molecule has 0 spiro atoms. The monoisotopic (exact) mass is 574 g/mol. The summed E-state index contributed by atoms with van der Waals surface area (Å²) >= 11 is 0. The molecule has 1 aliphatic rings. The van der Waals surface area contributed by atoms with Crippen LogP contribution in [0.1, 0.15) is 44.2 Å². The number of hydrogen-bond acceptors (Lipinski definition) is 9. The Morgan fingerprint density at radius 2 is 1.90 bits per heavy atom. The van der Waals surface area contributed by atoms with Crippen molar-refractivity contribution < 1.29 is 18.8 Å².